The first-order chi connectivity index (χ1) is 12.5. The maximum Gasteiger partial charge on any atom is 0.119 e. The van der Waals surface area contributed by atoms with E-state index in [-0.39, 0.29) is 17.2 Å². The smallest absolute Gasteiger partial charge is 0.119 e. The van der Waals surface area contributed by atoms with E-state index < -0.39 is 0 Å². The molecular formula is C22H20O4. The van der Waals surface area contributed by atoms with Crippen LogP contribution in [0, 0.1) is 0 Å². The minimum atomic E-state index is 0.0235. The van der Waals surface area contributed by atoms with Crippen LogP contribution in [0.5, 0.6) is 23.0 Å². The molecule has 4 N–H and O–H groups in total. The topological polar surface area (TPSA) is 80.9 Å². The lowest BCUT2D eigenvalue weighted by Gasteiger charge is -1.98. The normalized spacial score (nSPS) is 10.2. The molecule has 0 heterocycles. The van der Waals surface area contributed by atoms with Crippen LogP contribution in [0.25, 0.3) is 18.2 Å². The SMILES string of the molecule is C=Cc1ccc(O)cc1.Oc1ccc(C=Cc2cc(O)cc(O)c2)cc1. The van der Waals surface area contributed by atoms with Crippen molar-refractivity contribution in [1.29, 1.82) is 0 Å². The third-order valence-corrected chi connectivity index (χ3v) is 3.41. The third-order valence-electron chi connectivity index (χ3n) is 3.41. The van der Waals surface area contributed by atoms with Crippen molar-refractivity contribution in [2.45, 2.75) is 0 Å². The Balaban J connectivity index is 0.000000228. The van der Waals surface area contributed by atoms with Crippen molar-refractivity contribution in [3.8, 4) is 23.0 Å². The zero-order valence-corrected chi connectivity index (χ0v) is 14.1. The number of hydrogen-bond donors (Lipinski definition) is 4. The Morgan fingerprint density at radius 1 is 0.500 bits per heavy atom. The average molecular weight is 348 g/mol. The van der Waals surface area contributed by atoms with Gasteiger partial charge in [0, 0.05) is 6.07 Å². The molecule has 0 unspecified atom stereocenters. The molecule has 0 aromatic heterocycles. The Morgan fingerprint density at radius 3 is 1.38 bits per heavy atom. The second-order valence-electron chi connectivity index (χ2n) is 5.50. The van der Waals surface area contributed by atoms with Crippen LogP contribution in [-0.2, 0) is 0 Å². The van der Waals surface area contributed by atoms with Crippen molar-refractivity contribution in [2.24, 2.45) is 0 Å². The van der Waals surface area contributed by atoms with Gasteiger partial charge in [-0.2, -0.15) is 0 Å². The van der Waals surface area contributed by atoms with Gasteiger partial charge in [-0.25, -0.2) is 0 Å². The van der Waals surface area contributed by atoms with Gasteiger partial charge in [-0.1, -0.05) is 49.1 Å². The van der Waals surface area contributed by atoms with E-state index in [2.05, 4.69) is 6.58 Å². The summed E-state index contributed by atoms with van der Waals surface area (Å²) in [6.07, 6.45) is 5.33. The summed E-state index contributed by atoms with van der Waals surface area (Å²) in [6, 6.07) is 18.0. The highest BCUT2D eigenvalue weighted by atomic mass is 16.3. The predicted molar refractivity (Wildman–Crippen MR) is 105 cm³/mol. The fourth-order valence-electron chi connectivity index (χ4n) is 2.10. The molecule has 3 aromatic carbocycles. The maximum absolute atomic E-state index is 9.30. The highest BCUT2D eigenvalue weighted by Crippen LogP contribution is 2.22. The van der Waals surface area contributed by atoms with Gasteiger partial charge in [0.05, 0.1) is 0 Å². The molecule has 0 amide bonds. The van der Waals surface area contributed by atoms with E-state index in [1.54, 1.807) is 60.7 Å². The summed E-state index contributed by atoms with van der Waals surface area (Å²) >= 11 is 0. The lowest BCUT2D eigenvalue weighted by Crippen LogP contribution is -1.74. The Labute approximate surface area is 152 Å². The van der Waals surface area contributed by atoms with Gasteiger partial charge < -0.3 is 20.4 Å². The molecule has 0 aliphatic rings. The minimum Gasteiger partial charge on any atom is -0.508 e. The largest absolute Gasteiger partial charge is 0.508 e. The Bertz CT molecular complexity index is 859. The first-order valence-corrected chi connectivity index (χ1v) is 7.88. The van der Waals surface area contributed by atoms with Gasteiger partial charge in [-0.15, -0.1) is 0 Å². The van der Waals surface area contributed by atoms with Crippen LogP contribution in [0.15, 0.2) is 73.3 Å². The number of phenolic OH excluding ortho intramolecular Hbond substituents is 4. The summed E-state index contributed by atoms with van der Waals surface area (Å²) in [5.41, 5.74) is 2.65. The van der Waals surface area contributed by atoms with Crippen molar-refractivity contribution in [3.05, 3.63) is 90.0 Å². The van der Waals surface area contributed by atoms with E-state index in [0.29, 0.717) is 11.3 Å². The molecule has 0 fully saturated rings. The second kappa shape index (κ2) is 8.99. The molecule has 4 nitrogen and oxygen atoms in total. The molecule has 3 aromatic rings. The van der Waals surface area contributed by atoms with Gasteiger partial charge in [0.15, 0.2) is 0 Å². The van der Waals surface area contributed by atoms with E-state index >= 15 is 0 Å². The van der Waals surface area contributed by atoms with Crippen LogP contribution in [0.1, 0.15) is 16.7 Å². The molecule has 0 spiro atoms. The van der Waals surface area contributed by atoms with Crippen molar-refractivity contribution < 1.29 is 20.4 Å². The van der Waals surface area contributed by atoms with E-state index in [1.807, 2.05) is 18.2 Å². The first-order valence-electron chi connectivity index (χ1n) is 7.88. The monoisotopic (exact) mass is 348 g/mol. The summed E-state index contributed by atoms with van der Waals surface area (Å²) in [7, 11) is 0. The number of benzene rings is 3. The van der Waals surface area contributed by atoms with E-state index in [0.717, 1.165) is 11.1 Å². The standard InChI is InChI=1S/C14H12O3.C8H8O/c15-12-5-3-10(4-6-12)1-2-11-7-13(16)9-14(17)8-11;1-2-7-3-5-8(9)6-4-7/h1-9,15-17H;2-6,9H,1H2. The van der Waals surface area contributed by atoms with Crippen LogP contribution in [-0.4, -0.2) is 20.4 Å². The van der Waals surface area contributed by atoms with E-state index in [1.165, 1.54) is 6.07 Å². The predicted octanol–water partition coefficient (Wildman–Crippen LogP) is 5.01. The van der Waals surface area contributed by atoms with Gasteiger partial charge >= 0.3 is 0 Å². The molecular weight excluding hydrogens is 328 g/mol. The van der Waals surface area contributed by atoms with Crippen LogP contribution >= 0.6 is 0 Å². The lowest BCUT2D eigenvalue weighted by molar-refractivity contribution is 0.450. The Hall–Kier alpha value is -3.66. The molecule has 4 heteroatoms. The first kappa shape index (κ1) is 18.7. The Morgan fingerprint density at radius 2 is 0.923 bits per heavy atom. The summed E-state index contributed by atoms with van der Waals surface area (Å²) in [5, 5.41) is 36.5. The molecule has 3 rings (SSSR count). The average Bonchev–Trinajstić information content (AvgIpc) is 2.62. The Kier molecular flexibility index (Phi) is 6.46. The van der Waals surface area contributed by atoms with Gasteiger partial charge in [0.1, 0.15) is 23.0 Å². The zero-order chi connectivity index (χ0) is 18.9. The third kappa shape index (κ3) is 6.09. The summed E-state index contributed by atoms with van der Waals surface area (Å²) in [6.45, 7) is 3.58. The molecule has 0 saturated carbocycles. The lowest BCUT2D eigenvalue weighted by atomic mass is 10.1. The molecule has 132 valence electrons. The van der Waals surface area contributed by atoms with Crippen molar-refractivity contribution in [1.82, 2.24) is 0 Å². The van der Waals surface area contributed by atoms with Gasteiger partial charge in [0.2, 0.25) is 0 Å². The molecule has 0 atom stereocenters. The fraction of sp³-hybridized carbons (Fsp3) is 0. The van der Waals surface area contributed by atoms with Crippen LogP contribution in [0.3, 0.4) is 0 Å². The minimum absolute atomic E-state index is 0.0235. The van der Waals surface area contributed by atoms with Gasteiger partial charge in [0.25, 0.3) is 0 Å². The van der Waals surface area contributed by atoms with Crippen LogP contribution in [0.4, 0.5) is 0 Å². The highest BCUT2D eigenvalue weighted by Gasteiger charge is 1.96. The molecule has 0 aliphatic heterocycles. The van der Waals surface area contributed by atoms with Crippen molar-refractivity contribution in [2.75, 3.05) is 0 Å². The maximum atomic E-state index is 9.30. The quantitative estimate of drug-likeness (QED) is 0.502. The number of hydrogen-bond acceptors (Lipinski definition) is 4. The van der Waals surface area contributed by atoms with Crippen LogP contribution in [0.2, 0.25) is 0 Å². The fourth-order valence-corrected chi connectivity index (χ4v) is 2.10. The number of rotatable bonds is 3. The van der Waals surface area contributed by atoms with E-state index in [9.17, 15) is 10.2 Å². The summed E-state index contributed by atoms with van der Waals surface area (Å²) < 4.78 is 0. The number of phenols is 4. The van der Waals surface area contributed by atoms with Crippen LogP contribution < -0.4 is 0 Å². The molecule has 0 aliphatic carbocycles. The van der Waals surface area contributed by atoms with Gasteiger partial charge in [-0.05, 0) is 53.1 Å². The van der Waals surface area contributed by atoms with Crippen molar-refractivity contribution in [3.63, 3.8) is 0 Å². The molecule has 0 bridgehead atoms. The second-order valence-corrected chi connectivity index (χ2v) is 5.50. The molecule has 0 saturated heterocycles. The summed E-state index contributed by atoms with van der Waals surface area (Å²) in [4.78, 5) is 0. The van der Waals surface area contributed by atoms with E-state index in [4.69, 9.17) is 10.2 Å². The zero-order valence-electron chi connectivity index (χ0n) is 14.1. The summed E-state index contributed by atoms with van der Waals surface area (Å²) in [5.74, 6) is 0.559. The van der Waals surface area contributed by atoms with Crippen molar-refractivity contribution >= 4 is 18.2 Å². The highest BCUT2D eigenvalue weighted by molar-refractivity contribution is 5.71. The van der Waals surface area contributed by atoms with Gasteiger partial charge in [-0.3, -0.25) is 0 Å². The number of aromatic hydroxyl groups is 4. The molecule has 26 heavy (non-hydrogen) atoms. The molecule has 0 radical (unpaired) electrons.